The normalized spacial score (nSPS) is 22.7. The SMILES string of the molecule is CC(C)=CC1=C(O)CC(C)C=C1N. The Morgan fingerprint density at radius 1 is 1.62 bits per heavy atom. The molecule has 1 rings (SSSR count). The molecule has 0 heterocycles. The van der Waals surface area contributed by atoms with E-state index in [9.17, 15) is 5.11 Å². The molecule has 0 aromatic carbocycles. The first-order valence-corrected chi connectivity index (χ1v) is 4.55. The van der Waals surface area contributed by atoms with Gasteiger partial charge in [-0.1, -0.05) is 24.6 Å². The topological polar surface area (TPSA) is 46.2 Å². The van der Waals surface area contributed by atoms with Gasteiger partial charge < -0.3 is 10.8 Å². The summed E-state index contributed by atoms with van der Waals surface area (Å²) in [6.07, 6.45) is 4.61. The predicted octanol–water partition coefficient (Wildman–Crippen LogP) is 2.65. The van der Waals surface area contributed by atoms with Crippen LogP contribution in [0.3, 0.4) is 0 Å². The second kappa shape index (κ2) is 3.69. The number of aliphatic hydroxyl groups is 1. The molecule has 0 saturated heterocycles. The lowest BCUT2D eigenvalue weighted by Gasteiger charge is -2.17. The first-order valence-electron chi connectivity index (χ1n) is 4.55. The molecule has 72 valence electrons. The van der Waals surface area contributed by atoms with Gasteiger partial charge >= 0.3 is 0 Å². The molecule has 0 saturated carbocycles. The van der Waals surface area contributed by atoms with E-state index in [0.717, 1.165) is 11.1 Å². The first-order chi connectivity index (χ1) is 6.00. The van der Waals surface area contributed by atoms with Crippen molar-refractivity contribution in [2.24, 2.45) is 11.7 Å². The predicted molar refractivity (Wildman–Crippen MR) is 55.1 cm³/mol. The highest BCUT2D eigenvalue weighted by Gasteiger charge is 2.15. The van der Waals surface area contributed by atoms with E-state index in [2.05, 4.69) is 0 Å². The lowest BCUT2D eigenvalue weighted by atomic mass is 9.93. The smallest absolute Gasteiger partial charge is 0.102 e. The number of hydrogen-bond acceptors (Lipinski definition) is 2. The second-order valence-electron chi connectivity index (χ2n) is 3.89. The van der Waals surface area contributed by atoms with Crippen LogP contribution in [0.1, 0.15) is 27.2 Å². The van der Waals surface area contributed by atoms with Crippen LogP contribution in [0, 0.1) is 5.92 Å². The molecule has 0 fully saturated rings. The van der Waals surface area contributed by atoms with Gasteiger partial charge in [0.1, 0.15) is 5.76 Å². The van der Waals surface area contributed by atoms with Crippen LogP contribution in [0.4, 0.5) is 0 Å². The average Bonchev–Trinajstić information content (AvgIpc) is 1.96. The van der Waals surface area contributed by atoms with Gasteiger partial charge in [-0.3, -0.25) is 0 Å². The number of nitrogens with two attached hydrogens (primary N) is 1. The fraction of sp³-hybridized carbons (Fsp3) is 0.455. The van der Waals surface area contributed by atoms with Gasteiger partial charge in [0.2, 0.25) is 0 Å². The van der Waals surface area contributed by atoms with Crippen LogP contribution in [-0.4, -0.2) is 5.11 Å². The van der Waals surface area contributed by atoms with Crippen molar-refractivity contribution in [3.63, 3.8) is 0 Å². The van der Waals surface area contributed by atoms with E-state index in [-0.39, 0.29) is 0 Å². The summed E-state index contributed by atoms with van der Waals surface area (Å²) in [6, 6.07) is 0. The number of aliphatic hydroxyl groups excluding tert-OH is 1. The zero-order chi connectivity index (χ0) is 10.0. The van der Waals surface area contributed by atoms with Crippen molar-refractivity contribution >= 4 is 0 Å². The number of hydrogen-bond donors (Lipinski definition) is 2. The van der Waals surface area contributed by atoms with Gasteiger partial charge in [0.05, 0.1) is 0 Å². The van der Waals surface area contributed by atoms with E-state index >= 15 is 0 Å². The van der Waals surface area contributed by atoms with E-state index in [0.29, 0.717) is 23.8 Å². The Hall–Kier alpha value is -1.18. The molecular formula is C11H17NO. The van der Waals surface area contributed by atoms with Gasteiger partial charge in [-0.25, -0.2) is 0 Å². The standard InChI is InChI=1S/C11H17NO/c1-7(2)4-9-10(12)5-8(3)6-11(9)13/h4-5,8,13H,6,12H2,1-3H3. The Labute approximate surface area is 79.4 Å². The maximum absolute atomic E-state index is 9.67. The first kappa shape index (κ1) is 9.90. The third-order valence-corrected chi connectivity index (χ3v) is 2.03. The fourth-order valence-electron chi connectivity index (χ4n) is 1.49. The Balaban J connectivity index is 3.02. The molecule has 3 N–H and O–H groups in total. The van der Waals surface area contributed by atoms with E-state index in [1.54, 1.807) is 0 Å². The van der Waals surface area contributed by atoms with Crippen LogP contribution in [-0.2, 0) is 0 Å². The summed E-state index contributed by atoms with van der Waals surface area (Å²) in [5.74, 6) is 0.753. The molecule has 1 aliphatic rings. The van der Waals surface area contributed by atoms with E-state index in [1.165, 1.54) is 0 Å². The molecular weight excluding hydrogens is 162 g/mol. The molecule has 0 aromatic heterocycles. The summed E-state index contributed by atoms with van der Waals surface area (Å²) < 4.78 is 0. The molecule has 1 aliphatic carbocycles. The number of allylic oxidation sites excluding steroid dienone is 4. The van der Waals surface area contributed by atoms with Gasteiger partial charge in [-0.2, -0.15) is 0 Å². The van der Waals surface area contributed by atoms with Crippen molar-refractivity contribution in [1.82, 2.24) is 0 Å². The lowest BCUT2D eigenvalue weighted by molar-refractivity contribution is 0.363. The number of rotatable bonds is 1. The fourth-order valence-corrected chi connectivity index (χ4v) is 1.49. The molecule has 0 aromatic rings. The highest BCUT2D eigenvalue weighted by atomic mass is 16.3. The quantitative estimate of drug-likeness (QED) is 0.650. The monoisotopic (exact) mass is 179 g/mol. The third kappa shape index (κ3) is 2.38. The Morgan fingerprint density at radius 2 is 2.23 bits per heavy atom. The van der Waals surface area contributed by atoms with Gasteiger partial charge in [-0.05, 0) is 19.8 Å². The van der Waals surface area contributed by atoms with Gasteiger partial charge in [-0.15, -0.1) is 0 Å². The summed E-state index contributed by atoms with van der Waals surface area (Å²) >= 11 is 0. The molecule has 0 amide bonds. The molecule has 2 heteroatoms. The molecule has 1 atom stereocenters. The molecule has 0 aliphatic heterocycles. The van der Waals surface area contributed by atoms with Crippen molar-refractivity contribution in [3.8, 4) is 0 Å². The van der Waals surface area contributed by atoms with Crippen LogP contribution < -0.4 is 5.73 Å². The van der Waals surface area contributed by atoms with Crippen LogP contribution in [0.5, 0.6) is 0 Å². The molecule has 1 unspecified atom stereocenters. The van der Waals surface area contributed by atoms with E-state index in [1.807, 2.05) is 32.9 Å². The Kier molecular flexibility index (Phi) is 2.81. The van der Waals surface area contributed by atoms with Crippen molar-refractivity contribution in [1.29, 1.82) is 0 Å². The summed E-state index contributed by atoms with van der Waals surface area (Å²) in [7, 11) is 0. The maximum Gasteiger partial charge on any atom is 0.102 e. The van der Waals surface area contributed by atoms with Crippen LogP contribution in [0.2, 0.25) is 0 Å². The van der Waals surface area contributed by atoms with Gasteiger partial charge in [0, 0.05) is 17.7 Å². The van der Waals surface area contributed by atoms with E-state index in [4.69, 9.17) is 5.73 Å². The van der Waals surface area contributed by atoms with Crippen molar-refractivity contribution in [2.75, 3.05) is 0 Å². The van der Waals surface area contributed by atoms with Crippen molar-refractivity contribution in [3.05, 3.63) is 34.8 Å². The minimum absolute atomic E-state index is 0.342. The Morgan fingerprint density at radius 3 is 2.69 bits per heavy atom. The van der Waals surface area contributed by atoms with Gasteiger partial charge in [0.25, 0.3) is 0 Å². The third-order valence-electron chi connectivity index (χ3n) is 2.03. The largest absolute Gasteiger partial charge is 0.512 e. The molecule has 0 bridgehead atoms. The second-order valence-corrected chi connectivity index (χ2v) is 3.89. The van der Waals surface area contributed by atoms with Crippen LogP contribution in [0.25, 0.3) is 0 Å². The summed E-state index contributed by atoms with van der Waals surface area (Å²) in [4.78, 5) is 0. The van der Waals surface area contributed by atoms with Crippen molar-refractivity contribution in [2.45, 2.75) is 27.2 Å². The van der Waals surface area contributed by atoms with Crippen molar-refractivity contribution < 1.29 is 5.11 Å². The van der Waals surface area contributed by atoms with E-state index < -0.39 is 0 Å². The maximum atomic E-state index is 9.67. The van der Waals surface area contributed by atoms with Crippen LogP contribution >= 0.6 is 0 Å². The highest BCUT2D eigenvalue weighted by Crippen LogP contribution is 2.25. The van der Waals surface area contributed by atoms with Crippen LogP contribution in [0.15, 0.2) is 34.8 Å². The lowest BCUT2D eigenvalue weighted by Crippen LogP contribution is -2.12. The Bertz CT molecular complexity index is 293. The zero-order valence-corrected chi connectivity index (χ0v) is 8.46. The minimum Gasteiger partial charge on any atom is -0.512 e. The molecule has 0 radical (unpaired) electrons. The molecule has 13 heavy (non-hydrogen) atoms. The summed E-state index contributed by atoms with van der Waals surface area (Å²) in [5, 5.41) is 9.67. The minimum atomic E-state index is 0.342. The summed E-state index contributed by atoms with van der Waals surface area (Å²) in [6.45, 7) is 6.03. The molecule has 0 spiro atoms. The zero-order valence-electron chi connectivity index (χ0n) is 8.46. The summed E-state index contributed by atoms with van der Waals surface area (Å²) in [5.41, 5.74) is 8.43. The molecule has 2 nitrogen and oxygen atoms in total. The highest BCUT2D eigenvalue weighted by molar-refractivity contribution is 5.43. The average molecular weight is 179 g/mol. The van der Waals surface area contributed by atoms with Gasteiger partial charge in [0.15, 0.2) is 0 Å².